The van der Waals surface area contributed by atoms with Gasteiger partial charge in [0.25, 0.3) is 0 Å². The van der Waals surface area contributed by atoms with Gasteiger partial charge in [-0.1, -0.05) is 11.5 Å². The van der Waals surface area contributed by atoms with E-state index in [1.54, 1.807) is 0 Å². The molecule has 0 saturated heterocycles. The van der Waals surface area contributed by atoms with Crippen molar-refractivity contribution in [2.24, 2.45) is 0 Å². The Morgan fingerprint density at radius 2 is 1.91 bits per heavy atom. The second-order valence-electron chi connectivity index (χ2n) is 1.70. The average molecular weight is 400 g/mol. The normalized spacial score (nSPS) is 10.8. The molecule has 0 bridgehead atoms. The van der Waals surface area contributed by atoms with Crippen LogP contribution in [0, 0.1) is 31.1 Å². The summed E-state index contributed by atoms with van der Waals surface area (Å²) < 4.78 is 35.4. The Morgan fingerprint density at radius 1 is 1.36 bits per heavy atom. The number of hydrogen-bond donors (Lipinski definition) is 0. The van der Waals surface area contributed by atoms with Crippen LogP contribution in [0.2, 0.25) is 0 Å². The van der Waals surface area contributed by atoms with Crippen LogP contribution < -0.4 is 5.46 Å². The van der Waals surface area contributed by atoms with Gasteiger partial charge in [0.1, 0.15) is 12.7 Å². The van der Waals surface area contributed by atoms with Crippen LogP contribution in [0.5, 0.6) is 0 Å². The van der Waals surface area contributed by atoms with Crippen LogP contribution in [0.1, 0.15) is 4.88 Å². The number of alkyl halides is 3. The molecule has 0 aromatic carbocycles. The molecule has 56 valence electrons. The van der Waals surface area contributed by atoms with Crippen LogP contribution in [-0.4, -0.2) is 7.85 Å². The largest absolute Gasteiger partial charge is 0.425 e. The van der Waals surface area contributed by atoms with Crippen molar-refractivity contribution in [2.45, 2.75) is 6.18 Å². The molecule has 0 aliphatic carbocycles. The van der Waals surface area contributed by atoms with Gasteiger partial charge in [-0.05, 0) is 5.38 Å². The van der Waals surface area contributed by atoms with Gasteiger partial charge in [0.15, 0.2) is 0 Å². The van der Waals surface area contributed by atoms with Gasteiger partial charge in [0.2, 0.25) is 0 Å². The van der Waals surface area contributed by atoms with E-state index >= 15 is 0 Å². The molecule has 0 amide bonds. The molecule has 6 heteroatoms. The van der Waals surface area contributed by atoms with E-state index in [-0.39, 0.29) is 36.6 Å². The van der Waals surface area contributed by atoms with Gasteiger partial charge in [-0.15, -0.1) is 11.3 Å². The van der Waals surface area contributed by atoms with Crippen LogP contribution in [0.4, 0.5) is 13.2 Å². The summed E-state index contributed by atoms with van der Waals surface area (Å²) in [4.78, 5) is -0.715. The molecule has 0 saturated carbocycles. The standard InChI is InChI=1S/C5H2BF3S.U/c6-3-1-2-10-4(3)5(7,8)9;/h1-2H;. The van der Waals surface area contributed by atoms with Gasteiger partial charge in [-0.3, -0.25) is 0 Å². The van der Waals surface area contributed by atoms with Crippen molar-refractivity contribution in [1.29, 1.82) is 0 Å². The summed E-state index contributed by atoms with van der Waals surface area (Å²) in [5.74, 6) is 0. The Morgan fingerprint density at radius 3 is 2.09 bits per heavy atom. The maximum absolute atomic E-state index is 11.8. The molecule has 0 N–H and O–H groups in total. The number of hydrogen-bond acceptors (Lipinski definition) is 1. The SMILES string of the molecule is [B]c1ccsc1C(F)(F)F.[U]. The summed E-state index contributed by atoms with van der Waals surface area (Å²) in [5.41, 5.74) is -0.197. The fraction of sp³-hybridized carbons (Fsp3) is 0.200. The Hall–Kier alpha value is 0.607. The Bertz CT molecular complexity index is 232. The minimum Gasteiger partial charge on any atom is -0.165 e. The van der Waals surface area contributed by atoms with Gasteiger partial charge >= 0.3 is 6.18 Å². The predicted octanol–water partition coefficient (Wildman–Crippen LogP) is 1.56. The maximum Gasteiger partial charge on any atom is 0.425 e. The molecule has 1 heterocycles. The summed E-state index contributed by atoms with van der Waals surface area (Å²) in [6.07, 6.45) is -4.29. The zero-order valence-electron chi connectivity index (χ0n) is 5.27. The van der Waals surface area contributed by atoms with E-state index in [1.807, 2.05) is 0 Å². The van der Waals surface area contributed by atoms with Crippen molar-refractivity contribution < 1.29 is 44.3 Å². The van der Waals surface area contributed by atoms with Crippen molar-refractivity contribution in [2.75, 3.05) is 0 Å². The van der Waals surface area contributed by atoms with Gasteiger partial charge in [0.05, 0.1) is 0 Å². The van der Waals surface area contributed by atoms with Crippen LogP contribution in [-0.2, 0) is 6.18 Å². The van der Waals surface area contributed by atoms with Crippen molar-refractivity contribution in [3.05, 3.63) is 16.3 Å². The van der Waals surface area contributed by atoms with Gasteiger partial charge in [-0.2, -0.15) is 13.2 Å². The third kappa shape index (κ3) is 2.85. The molecule has 0 spiro atoms. The van der Waals surface area contributed by atoms with E-state index in [0.29, 0.717) is 11.3 Å². The monoisotopic (exact) mass is 400 g/mol. The fourth-order valence-electron chi connectivity index (χ4n) is 0.550. The van der Waals surface area contributed by atoms with Crippen molar-refractivity contribution in [1.82, 2.24) is 0 Å². The van der Waals surface area contributed by atoms with Crippen molar-refractivity contribution in [3.8, 4) is 0 Å². The summed E-state index contributed by atoms with van der Waals surface area (Å²) >= 11 is 0.606. The summed E-state index contributed by atoms with van der Waals surface area (Å²) in [6.45, 7) is 0. The second kappa shape index (κ2) is 4.02. The number of rotatable bonds is 0. The summed E-state index contributed by atoms with van der Waals surface area (Å²) in [5, 5.41) is 1.32. The molecule has 0 fully saturated rings. The van der Waals surface area contributed by atoms with Crippen molar-refractivity contribution >= 4 is 24.6 Å². The zero-order valence-corrected chi connectivity index (χ0v) is 10.3. The second-order valence-corrected chi connectivity index (χ2v) is 2.62. The average Bonchev–Trinajstić information content (AvgIpc) is 2.11. The van der Waals surface area contributed by atoms with E-state index < -0.39 is 11.1 Å². The molecule has 0 nitrogen and oxygen atoms in total. The molecule has 0 aliphatic rings. The molecule has 2 radical (unpaired) electrons. The van der Waals surface area contributed by atoms with E-state index in [1.165, 1.54) is 11.4 Å². The summed E-state index contributed by atoms with van der Waals surface area (Å²) in [6, 6.07) is 1.24. The zero-order chi connectivity index (χ0) is 7.78. The molecule has 11 heavy (non-hydrogen) atoms. The molecule has 1 aromatic rings. The van der Waals surface area contributed by atoms with Gasteiger partial charge in [-0.25, -0.2) is 0 Å². The van der Waals surface area contributed by atoms with Crippen LogP contribution in [0.15, 0.2) is 11.4 Å². The molecule has 0 aliphatic heterocycles. The number of halogens is 3. The summed E-state index contributed by atoms with van der Waals surface area (Å²) in [7, 11) is 5.02. The minimum absolute atomic E-state index is 0. The van der Waals surface area contributed by atoms with Gasteiger partial charge < -0.3 is 0 Å². The van der Waals surface area contributed by atoms with Crippen LogP contribution in [0.25, 0.3) is 0 Å². The first-order chi connectivity index (χ1) is 4.52. The van der Waals surface area contributed by atoms with Crippen LogP contribution in [0.3, 0.4) is 0 Å². The molecular weight excluding hydrogens is 398 g/mol. The third-order valence-electron chi connectivity index (χ3n) is 0.953. The molecule has 0 atom stereocenters. The molecule has 1 rings (SSSR count). The molecule has 0 unspecified atom stereocenters. The van der Waals surface area contributed by atoms with Crippen molar-refractivity contribution in [3.63, 3.8) is 0 Å². The Balaban J connectivity index is 0.000001000. The van der Waals surface area contributed by atoms with E-state index in [0.717, 1.165) is 0 Å². The number of thiophene rings is 1. The fourth-order valence-corrected chi connectivity index (χ4v) is 1.24. The Kier molecular flexibility index (Phi) is 4.24. The molecule has 1 aromatic heterocycles. The first kappa shape index (κ1) is 11.6. The topological polar surface area (TPSA) is 0 Å². The Labute approximate surface area is 91.0 Å². The first-order valence-electron chi connectivity index (χ1n) is 2.42. The van der Waals surface area contributed by atoms with Gasteiger partial charge in [0, 0.05) is 31.1 Å². The predicted molar refractivity (Wildman–Crippen MR) is 34.7 cm³/mol. The minimum atomic E-state index is -4.29. The van der Waals surface area contributed by atoms with E-state index in [9.17, 15) is 13.2 Å². The first-order valence-corrected chi connectivity index (χ1v) is 3.30. The third-order valence-corrected chi connectivity index (χ3v) is 1.93. The van der Waals surface area contributed by atoms with E-state index in [4.69, 9.17) is 7.85 Å². The smallest absolute Gasteiger partial charge is 0.165 e. The molecular formula is C5H2BF3SU. The maximum atomic E-state index is 11.8. The van der Waals surface area contributed by atoms with E-state index in [2.05, 4.69) is 0 Å². The quantitative estimate of drug-likeness (QED) is 0.581. The van der Waals surface area contributed by atoms with Crippen LogP contribution >= 0.6 is 11.3 Å².